The van der Waals surface area contributed by atoms with Crippen molar-refractivity contribution < 1.29 is 19.4 Å². The van der Waals surface area contributed by atoms with Crippen LogP contribution < -0.4 is 11.2 Å². The Kier molecular flexibility index (Phi) is 5.17. The number of ether oxygens (including phenoxy) is 2. The highest BCUT2D eigenvalue weighted by molar-refractivity contribution is 5.81. The van der Waals surface area contributed by atoms with Gasteiger partial charge in [-0.2, -0.15) is 0 Å². The fraction of sp³-hybridized carbons (Fsp3) is 0.533. The van der Waals surface area contributed by atoms with Gasteiger partial charge in [0.15, 0.2) is 0 Å². The van der Waals surface area contributed by atoms with E-state index in [0.29, 0.717) is 12.0 Å². The highest BCUT2D eigenvalue weighted by Gasteiger charge is 2.41. The van der Waals surface area contributed by atoms with Gasteiger partial charge in [0, 0.05) is 24.3 Å². The highest BCUT2D eigenvalue weighted by atomic mass is 16.6. The number of hydrogen-bond donors (Lipinski definition) is 2. The Labute approximate surface area is 132 Å². The summed E-state index contributed by atoms with van der Waals surface area (Å²) in [7, 11) is 0. The number of carbonyl (C=O) groups excluding carboxylic acids is 1. The Bertz CT molecular complexity index is 707. The van der Waals surface area contributed by atoms with E-state index in [1.165, 1.54) is 10.8 Å². The second kappa shape index (κ2) is 6.93. The lowest BCUT2D eigenvalue weighted by Crippen LogP contribution is -2.38. The van der Waals surface area contributed by atoms with Crippen LogP contribution in [0.1, 0.15) is 31.6 Å². The maximum Gasteiger partial charge on any atom is 0.330 e. The lowest BCUT2D eigenvalue weighted by molar-refractivity contribution is -0.156. The van der Waals surface area contributed by atoms with Gasteiger partial charge in [0.25, 0.3) is 5.56 Å². The molecule has 4 atom stereocenters. The molecule has 1 saturated heterocycles. The van der Waals surface area contributed by atoms with Crippen LogP contribution in [0.25, 0.3) is 0 Å². The maximum atomic E-state index is 11.9. The third kappa shape index (κ3) is 3.59. The first-order valence-electron chi connectivity index (χ1n) is 7.36. The average Bonchev–Trinajstić information content (AvgIpc) is 2.89. The molecule has 0 radical (unpaired) electrons. The number of rotatable bonds is 5. The zero-order valence-corrected chi connectivity index (χ0v) is 13.0. The predicted octanol–water partition coefficient (Wildman–Crippen LogP) is 0.00122. The standard InChI is InChI=1S/C15H20N2O6/c1-4-10(22-12(19)5-2)13-9(18)6-11(23-13)17-7-8(3)14(20)16-15(17)21/h5,7,9-11,13,18H,2,4,6H2,1,3H3,(H,16,20,21)/t9-,10?,11+,13-/m0/s1. The van der Waals surface area contributed by atoms with Crippen LogP contribution in [0, 0.1) is 6.92 Å². The summed E-state index contributed by atoms with van der Waals surface area (Å²) in [5.74, 6) is -0.604. The van der Waals surface area contributed by atoms with Gasteiger partial charge in [0.05, 0.1) is 6.10 Å². The number of aryl methyl sites for hydroxylation is 1. The van der Waals surface area contributed by atoms with Gasteiger partial charge in [-0.25, -0.2) is 9.59 Å². The number of aliphatic hydroxyl groups excluding tert-OH is 1. The smallest absolute Gasteiger partial charge is 0.330 e. The molecule has 1 unspecified atom stereocenters. The molecule has 2 heterocycles. The van der Waals surface area contributed by atoms with E-state index in [4.69, 9.17) is 9.47 Å². The van der Waals surface area contributed by atoms with Gasteiger partial charge in [-0.1, -0.05) is 13.5 Å². The number of nitrogens with zero attached hydrogens (tertiary/aromatic N) is 1. The summed E-state index contributed by atoms with van der Waals surface area (Å²) < 4.78 is 12.1. The molecule has 1 aromatic rings. The number of hydrogen-bond acceptors (Lipinski definition) is 6. The summed E-state index contributed by atoms with van der Waals surface area (Å²) in [5.41, 5.74) is -0.724. The minimum Gasteiger partial charge on any atom is -0.456 e. The van der Waals surface area contributed by atoms with Crippen molar-refractivity contribution in [3.05, 3.63) is 45.3 Å². The lowest BCUT2D eigenvalue weighted by atomic mass is 10.1. The Balaban J connectivity index is 2.22. The van der Waals surface area contributed by atoms with E-state index >= 15 is 0 Å². The van der Waals surface area contributed by atoms with Crippen LogP contribution in [-0.4, -0.2) is 38.9 Å². The quantitative estimate of drug-likeness (QED) is 0.583. The zero-order valence-electron chi connectivity index (χ0n) is 13.0. The van der Waals surface area contributed by atoms with Gasteiger partial charge in [0.2, 0.25) is 0 Å². The molecule has 1 aromatic heterocycles. The minimum atomic E-state index is -0.901. The Hall–Kier alpha value is -2.19. The van der Waals surface area contributed by atoms with Crippen molar-refractivity contribution in [3.8, 4) is 0 Å². The molecular weight excluding hydrogens is 304 g/mol. The zero-order chi connectivity index (χ0) is 17.1. The normalized spacial score (nSPS) is 25.1. The number of aliphatic hydroxyl groups is 1. The molecular formula is C15H20N2O6. The van der Waals surface area contributed by atoms with Crippen LogP contribution in [0.2, 0.25) is 0 Å². The van der Waals surface area contributed by atoms with Crippen molar-refractivity contribution in [1.82, 2.24) is 9.55 Å². The predicted molar refractivity (Wildman–Crippen MR) is 81.0 cm³/mol. The molecule has 23 heavy (non-hydrogen) atoms. The summed E-state index contributed by atoms with van der Waals surface area (Å²) in [6.07, 6.45) is -0.0370. The first-order valence-corrected chi connectivity index (χ1v) is 7.36. The molecule has 0 bridgehead atoms. The molecule has 0 spiro atoms. The van der Waals surface area contributed by atoms with E-state index in [2.05, 4.69) is 11.6 Å². The molecule has 8 nitrogen and oxygen atoms in total. The van der Waals surface area contributed by atoms with Crippen molar-refractivity contribution in [2.45, 2.75) is 51.2 Å². The van der Waals surface area contributed by atoms with Crippen LogP contribution in [0.5, 0.6) is 0 Å². The number of nitrogens with one attached hydrogen (secondary N) is 1. The summed E-state index contributed by atoms with van der Waals surface area (Å²) in [6, 6.07) is 0. The topological polar surface area (TPSA) is 111 Å². The second-order valence-corrected chi connectivity index (χ2v) is 5.42. The fourth-order valence-electron chi connectivity index (χ4n) is 2.56. The fourth-order valence-corrected chi connectivity index (χ4v) is 2.56. The average molecular weight is 324 g/mol. The second-order valence-electron chi connectivity index (χ2n) is 5.42. The molecule has 0 saturated carbocycles. The minimum absolute atomic E-state index is 0.151. The SMILES string of the molecule is C=CC(=O)OC(CC)[C@H]1O[C@@H](n2cc(C)c(=O)[nH]c2=O)C[C@@H]1O. The number of aromatic amines is 1. The van der Waals surface area contributed by atoms with Gasteiger partial charge >= 0.3 is 11.7 Å². The largest absolute Gasteiger partial charge is 0.456 e. The number of carbonyl (C=O) groups is 1. The molecule has 0 amide bonds. The molecule has 2 rings (SSSR count). The van der Waals surface area contributed by atoms with Gasteiger partial charge in [0.1, 0.15) is 18.4 Å². The third-order valence-corrected chi connectivity index (χ3v) is 3.80. The number of aromatic nitrogens is 2. The van der Waals surface area contributed by atoms with E-state index < -0.39 is 41.8 Å². The van der Waals surface area contributed by atoms with E-state index in [1.807, 2.05) is 0 Å². The van der Waals surface area contributed by atoms with Gasteiger partial charge in [-0.3, -0.25) is 14.3 Å². The number of H-pyrrole nitrogens is 1. The van der Waals surface area contributed by atoms with Crippen molar-refractivity contribution in [2.75, 3.05) is 0 Å². The van der Waals surface area contributed by atoms with Crippen molar-refractivity contribution in [2.24, 2.45) is 0 Å². The van der Waals surface area contributed by atoms with Crippen LogP contribution >= 0.6 is 0 Å². The van der Waals surface area contributed by atoms with Crippen LogP contribution in [-0.2, 0) is 14.3 Å². The number of esters is 1. The summed E-state index contributed by atoms with van der Waals surface area (Å²) in [4.78, 5) is 36.9. The Morgan fingerprint density at radius 3 is 2.96 bits per heavy atom. The molecule has 126 valence electrons. The van der Waals surface area contributed by atoms with Crippen molar-refractivity contribution >= 4 is 5.97 Å². The molecule has 0 aliphatic carbocycles. The van der Waals surface area contributed by atoms with Crippen LogP contribution in [0.15, 0.2) is 28.4 Å². The molecule has 1 fully saturated rings. The van der Waals surface area contributed by atoms with Gasteiger partial charge < -0.3 is 14.6 Å². The first kappa shape index (κ1) is 17.2. The molecule has 1 aliphatic heterocycles. The van der Waals surface area contributed by atoms with E-state index in [1.54, 1.807) is 13.8 Å². The summed E-state index contributed by atoms with van der Waals surface area (Å²) >= 11 is 0. The molecule has 0 aromatic carbocycles. The Morgan fingerprint density at radius 1 is 1.65 bits per heavy atom. The monoisotopic (exact) mass is 324 g/mol. The van der Waals surface area contributed by atoms with E-state index in [-0.39, 0.29) is 6.42 Å². The summed E-state index contributed by atoms with van der Waals surface area (Å²) in [5, 5.41) is 10.2. The van der Waals surface area contributed by atoms with Crippen LogP contribution in [0.4, 0.5) is 0 Å². The molecule has 1 aliphatic rings. The first-order chi connectivity index (χ1) is 10.9. The van der Waals surface area contributed by atoms with Gasteiger partial charge in [-0.15, -0.1) is 0 Å². The van der Waals surface area contributed by atoms with Crippen LogP contribution in [0.3, 0.4) is 0 Å². The lowest BCUT2D eigenvalue weighted by Gasteiger charge is -2.24. The highest BCUT2D eigenvalue weighted by Crippen LogP contribution is 2.31. The summed E-state index contributed by atoms with van der Waals surface area (Å²) in [6.45, 7) is 6.69. The third-order valence-electron chi connectivity index (χ3n) is 3.80. The van der Waals surface area contributed by atoms with Crippen molar-refractivity contribution in [3.63, 3.8) is 0 Å². The van der Waals surface area contributed by atoms with E-state index in [0.717, 1.165) is 6.08 Å². The Morgan fingerprint density at radius 2 is 2.35 bits per heavy atom. The maximum absolute atomic E-state index is 11.9. The van der Waals surface area contributed by atoms with Gasteiger partial charge in [-0.05, 0) is 13.3 Å². The van der Waals surface area contributed by atoms with Crippen molar-refractivity contribution in [1.29, 1.82) is 0 Å². The van der Waals surface area contributed by atoms with E-state index in [9.17, 15) is 19.5 Å². The molecule has 8 heteroatoms. The molecule has 2 N–H and O–H groups in total.